The summed E-state index contributed by atoms with van der Waals surface area (Å²) < 4.78 is 0. The fourth-order valence-electron chi connectivity index (χ4n) is 3.15. The summed E-state index contributed by atoms with van der Waals surface area (Å²) in [7, 11) is 0. The number of pyridine rings is 2. The van der Waals surface area contributed by atoms with Gasteiger partial charge in [0, 0.05) is 18.1 Å². The number of carboxylic acid groups (broad SMARTS) is 1. The lowest BCUT2D eigenvalue weighted by molar-refractivity contribution is 0.0697. The van der Waals surface area contributed by atoms with Crippen LogP contribution in [0.5, 0.6) is 0 Å². The predicted molar refractivity (Wildman–Crippen MR) is 121 cm³/mol. The number of benzene rings is 1. The van der Waals surface area contributed by atoms with Crippen LogP contribution < -0.4 is 4.90 Å². The summed E-state index contributed by atoms with van der Waals surface area (Å²) in [5.74, 6) is 0.530. The minimum absolute atomic E-state index is 0.0305. The molecule has 0 fully saturated rings. The van der Waals surface area contributed by atoms with Gasteiger partial charge in [0.25, 0.3) is 0 Å². The summed E-state index contributed by atoms with van der Waals surface area (Å²) in [6.07, 6.45) is 3.62. The Hall–Kier alpha value is -3.21. The van der Waals surface area contributed by atoms with Crippen LogP contribution >= 0.6 is 0 Å². The fourth-order valence-corrected chi connectivity index (χ4v) is 3.15. The molecule has 0 aliphatic heterocycles. The summed E-state index contributed by atoms with van der Waals surface area (Å²) in [6, 6.07) is 15.0. The van der Waals surface area contributed by atoms with Crippen molar-refractivity contribution < 1.29 is 9.90 Å². The summed E-state index contributed by atoms with van der Waals surface area (Å²) in [6.45, 7) is 13.0. The third kappa shape index (κ3) is 4.67. The lowest BCUT2D eigenvalue weighted by Gasteiger charge is -2.27. The van der Waals surface area contributed by atoms with Crippen LogP contribution in [-0.4, -0.2) is 21.0 Å². The van der Waals surface area contributed by atoms with Crippen molar-refractivity contribution in [3.05, 3.63) is 77.6 Å². The van der Waals surface area contributed by atoms with Crippen LogP contribution in [-0.2, 0) is 10.8 Å². The SMILES string of the molecule is CC(C)(C)c1ccnc(N(c2ccc(C(=O)O)cc2)c2cc(C(C)(C)C)ccn2)c1. The number of carboxylic acids is 1. The zero-order valence-electron chi connectivity index (χ0n) is 18.5. The topological polar surface area (TPSA) is 66.3 Å². The van der Waals surface area contributed by atoms with Crippen LogP contribution in [0.15, 0.2) is 60.9 Å². The largest absolute Gasteiger partial charge is 0.478 e. The molecule has 0 saturated heterocycles. The van der Waals surface area contributed by atoms with E-state index >= 15 is 0 Å². The van der Waals surface area contributed by atoms with E-state index in [0.717, 1.165) is 28.5 Å². The Labute approximate surface area is 178 Å². The quantitative estimate of drug-likeness (QED) is 0.558. The van der Waals surface area contributed by atoms with Crippen LogP contribution in [0.4, 0.5) is 17.3 Å². The summed E-state index contributed by atoms with van der Waals surface area (Å²) >= 11 is 0. The Kier molecular flexibility index (Phi) is 5.66. The van der Waals surface area contributed by atoms with Crippen molar-refractivity contribution >= 4 is 23.3 Å². The van der Waals surface area contributed by atoms with E-state index in [1.165, 1.54) is 0 Å². The van der Waals surface area contributed by atoms with Crippen LogP contribution in [0.3, 0.4) is 0 Å². The van der Waals surface area contributed by atoms with Crippen molar-refractivity contribution in [3.8, 4) is 0 Å². The lowest BCUT2D eigenvalue weighted by Crippen LogP contribution is -2.18. The van der Waals surface area contributed by atoms with E-state index in [0.29, 0.717) is 0 Å². The Balaban J connectivity index is 2.19. The average molecular weight is 404 g/mol. The molecule has 0 spiro atoms. The minimum Gasteiger partial charge on any atom is -0.478 e. The van der Waals surface area contributed by atoms with Crippen molar-refractivity contribution in [1.82, 2.24) is 9.97 Å². The highest BCUT2D eigenvalue weighted by Crippen LogP contribution is 2.36. The number of carbonyl (C=O) groups is 1. The first-order valence-electron chi connectivity index (χ1n) is 10.0. The summed E-state index contributed by atoms with van der Waals surface area (Å²) in [5, 5.41) is 9.26. The standard InChI is InChI=1S/C25H29N3O2/c1-24(2,3)18-11-13-26-21(15-18)28(20-9-7-17(8-10-20)23(29)30)22-16-19(12-14-27-22)25(4,5)6/h7-16H,1-6H3,(H,29,30). The highest BCUT2D eigenvalue weighted by molar-refractivity contribution is 5.88. The summed E-state index contributed by atoms with van der Waals surface area (Å²) in [4.78, 5) is 22.5. The van der Waals surface area contributed by atoms with Crippen LogP contribution in [0.1, 0.15) is 63.0 Å². The molecule has 0 bridgehead atoms. The first-order valence-corrected chi connectivity index (χ1v) is 10.0. The molecule has 0 atom stereocenters. The van der Waals surface area contributed by atoms with Gasteiger partial charge in [0.15, 0.2) is 0 Å². The molecule has 2 heterocycles. The van der Waals surface area contributed by atoms with Gasteiger partial charge in [-0.2, -0.15) is 0 Å². The normalized spacial score (nSPS) is 11.9. The smallest absolute Gasteiger partial charge is 0.335 e. The average Bonchev–Trinajstić information content (AvgIpc) is 2.68. The van der Waals surface area contributed by atoms with Crippen LogP contribution in [0.2, 0.25) is 0 Å². The van der Waals surface area contributed by atoms with Gasteiger partial charge in [0.2, 0.25) is 0 Å². The molecule has 0 saturated carbocycles. The number of hydrogen-bond acceptors (Lipinski definition) is 4. The Bertz CT molecular complexity index is 987. The Morgan fingerprint density at radius 2 is 1.20 bits per heavy atom. The van der Waals surface area contributed by atoms with Crippen molar-refractivity contribution in [1.29, 1.82) is 0 Å². The summed E-state index contributed by atoms with van der Waals surface area (Å²) in [5.41, 5.74) is 3.30. The maximum Gasteiger partial charge on any atom is 0.335 e. The van der Waals surface area contributed by atoms with Crippen molar-refractivity contribution in [2.24, 2.45) is 0 Å². The first kappa shape index (κ1) is 21.5. The molecule has 30 heavy (non-hydrogen) atoms. The van der Waals surface area contributed by atoms with Gasteiger partial charge in [-0.3, -0.25) is 4.90 Å². The molecular weight excluding hydrogens is 374 g/mol. The molecule has 0 radical (unpaired) electrons. The molecule has 0 aliphatic carbocycles. The number of hydrogen-bond donors (Lipinski definition) is 1. The molecule has 5 heteroatoms. The van der Waals surface area contributed by atoms with E-state index in [-0.39, 0.29) is 16.4 Å². The molecule has 5 nitrogen and oxygen atoms in total. The maximum atomic E-state index is 11.3. The molecule has 0 aliphatic rings. The zero-order chi connectivity index (χ0) is 22.1. The van der Waals surface area contributed by atoms with E-state index in [4.69, 9.17) is 0 Å². The third-order valence-corrected chi connectivity index (χ3v) is 5.05. The van der Waals surface area contributed by atoms with E-state index in [2.05, 4.69) is 63.6 Å². The van der Waals surface area contributed by atoms with E-state index in [1.807, 2.05) is 29.4 Å². The van der Waals surface area contributed by atoms with Crippen molar-refractivity contribution in [2.75, 3.05) is 4.90 Å². The highest BCUT2D eigenvalue weighted by atomic mass is 16.4. The fraction of sp³-hybridized carbons (Fsp3) is 0.320. The van der Waals surface area contributed by atoms with Gasteiger partial charge in [-0.05, 0) is 70.5 Å². The third-order valence-electron chi connectivity index (χ3n) is 5.05. The number of anilines is 3. The van der Waals surface area contributed by atoms with Crippen LogP contribution in [0, 0.1) is 0 Å². The molecule has 156 valence electrons. The molecule has 3 aromatic rings. The second kappa shape index (κ2) is 7.90. The first-order chi connectivity index (χ1) is 14.0. The van der Waals surface area contributed by atoms with E-state index in [9.17, 15) is 9.90 Å². The van der Waals surface area contributed by atoms with Gasteiger partial charge in [-0.15, -0.1) is 0 Å². The predicted octanol–water partition coefficient (Wildman–Crippen LogP) is 6.24. The monoisotopic (exact) mass is 403 g/mol. The van der Waals surface area contributed by atoms with Crippen LogP contribution in [0.25, 0.3) is 0 Å². The van der Waals surface area contributed by atoms with E-state index < -0.39 is 5.97 Å². The molecule has 1 N–H and O–H groups in total. The van der Waals surface area contributed by atoms with Crippen molar-refractivity contribution in [3.63, 3.8) is 0 Å². The number of aromatic carboxylic acids is 1. The molecule has 2 aromatic heterocycles. The van der Waals surface area contributed by atoms with E-state index in [1.54, 1.807) is 24.3 Å². The molecule has 1 aromatic carbocycles. The Morgan fingerprint density at radius 3 is 1.57 bits per heavy atom. The molecule has 3 rings (SSSR count). The van der Waals surface area contributed by atoms with Gasteiger partial charge in [-0.1, -0.05) is 41.5 Å². The number of rotatable bonds is 4. The Morgan fingerprint density at radius 1 is 0.767 bits per heavy atom. The van der Waals surface area contributed by atoms with Gasteiger partial charge in [-0.25, -0.2) is 14.8 Å². The maximum absolute atomic E-state index is 11.3. The van der Waals surface area contributed by atoms with Crippen molar-refractivity contribution in [2.45, 2.75) is 52.4 Å². The highest BCUT2D eigenvalue weighted by Gasteiger charge is 2.22. The minimum atomic E-state index is -0.950. The molecule has 0 unspecified atom stereocenters. The second-order valence-electron chi connectivity index (χ2n) is 9.49. The zero-order valence-corrected chi connectivity index (χ0v) is 18.5. The lowest BCUT2D eigenvalue weighted by atomic mass is 9.87. The van der Waals surface area contributed by atoms with Gasteiger partial charge >= 0.3 is 5.97 Å². The van der Waals surface area contributed by atoms with Gasteiger partial charge in [0.1, 0.15) is 11.6 Å². The van der Waals surface area contributed by atoms with Gasteiger partial charge in [0.05, 0.1) is 5.56 Å². The molecular formula is C25H29N3O2. The molecule has 0 amide bonds. The van der Waals surface area contributed by atoms with Gasteiger partial charge < -0.3 is 5.11 Å². The number of aromatic nitrogens is 2. The second-order valence-corrected chi connectivity index (χ2v) is 9.49. The number of nitrogens with zero attached hydrogens (tertiary/aromatic N) is 3.